The molecule has 1 unspecified atom stereocenters. The number of ether oxygens (including phenoxy) is 4. The molecule has 1 aromatic carbocycles. The molecule has 3 aliphatic rings. The van der Waals surface area contributed by atoms with Crippen LogP contribution in [0, 0.1) is 0 Å². The molecule has 3 heterocycles. The Bertz CT molecular complexity index is 964. The van der Waals surface area contributed by atoms with E-state index >= 15 is 0 Å². The number of amides is 1. The molecule has 1 amide bonds. The standard InChI is InChI=1S/C25H34BrF3N2O5/c1-23(2,3)36-22(32)31-14-17(13-24(31,4)15-35-20-7-5-6-9-34-20)30-8-10-33-19-12-16(25(27,28)29)11-18(26)21(19)30/h11-12,17,20H,5-10,13-15H2,1-4H3/t17-,20?,24+/m0/s1. The number of nitrogens with zero attached hydrogens (tertiary/aromatic N) is 2. The molecule has 0 radical (unpaired) electrons. The summed E-state index contributed by atoms with van der Waals surface area (Å²) in [6.07, 6.45) is -1.86. The van der Waals surface area contributed by atoms with Crippen LogP contribution in [0.4, 0.5) is 23.7 Å². The van der Waals surface area contributed by atoms with Crippen LogP contribution >= 0.6 is 15.9 Å². The zero-order valence-corrected chi connectivity index (χ0v) is 22.7. The lowest BCUT2D eigenvalue weighted by molar-refractivity contribution is -0.177. The number of carbonyl (C=O) groups is 1. The van der Waals surface area contributed by atoms with Crippen molar-refractivity contribution in [2.75, 3.05) is 37.8 Å². The summed E-state index contributed by atoms with van der Waals surface area (Å²) < 4.78 is 63.6. The molecule has 36 heavy (non-hydrogen) atoms. The number of alkyl halides is 3. The van der Waals surface area contributed by atoms with E-state index in [0.29, 0.717) is 36.3 Å². The van der Waals surface area contributed by atoms with Crippen molar-refractivity contribution in [2.24, 2.45) is 0 Å². The average molecular weight is 579 g/mol. The minimum Gasteiger partial charge on any atom is -0.490 e. The van der Waals surface area contributed by atoms with Gasteiger partial charge in [0.05, 0.1) is 29.9 Å². The van der Waals surface area contributed by atoms with Crippen molar-refractivity contribution in [2.45, 2.75) is 83.0 Å². The molecule has 2 saturated heterocycles. The Morgan fingerprint density at radius 2 is 1.97 bits per heavy atom. The van der Waals surface area contributed by atoms with Crippen molar-refractivity contribution in [1.29, 1.82) is 0 Å². The predicted octanol–water partition coefficient (Wildman–Crippen LogP) is 5.98. The molecule has 2 fully saturated rings. The lowest BCUT2D eigenvalue weighted by Crippen LogP contribution is -2.50. The summed E-state index contributed by atoms with van der Waals surface area (Å²) in [5.41, 5.74) is -1.58. The van der Waals surface area contributed by atoms with Gasteiger partial charge in [-0.05, 0) is 81.4 Å². The maximum absolute atomic E-state index is 13.4. The van der Waals surface area contributed by atoms with E-state index in [1.165, 1.54) is 0 Å². The number of carbonyl (C=O) groups excluding carboxylic acids is 1. The fourth-order valence-corrected chi connectivity index (χ4v) is 5.71. The molecule has 0 saturated carbocycles. The zero-order valence-electron chi connectivity index (χ0n) is 21.1. The highest BCUT2D eigenvalue weighted by molar-refractivity contribution is 9.10. The minimum atomic E-state index is -4.48. The SMILES string of the molecule is CC(C)(C)OC(=O)N1C[C@@H](N2CCOc3cc(C(F)(F)F)cc(Br)c32)C[C@]1(C)COC1CCCCO1. The summed E-state index contributed by atoms with van der Waals surface area (Å²) in [5, 5.41) is 0. The van der Waals surface area contributed by atoms with Crippen molar-refractivity contribution in [3.63, 3.8) is 0 Å². The van der Waals surface area contributed by atoms with Gasteiger partial charge in [-0.15, -0.1) is 0 Å². The minimum absolute atomic E-state index is 0.172. The first-order valence-corrected chi connectivity index (χ1v) is 13.1. The third-order valence-corrected chi connectivity index (χ3v) is 7.33. The summed E-state index contributed by atoms with van der Waals surface area (Å²) >= 11 is 3.34. The predicted molar refractivity (Wildman–Crippen MR) is 131 cm³/mol. The van der Waals surface area contributed by atoms with Crippen LogP contribution in [0.2, 0.25) is 0 Å². The summed E-state index contributed by atoms with van der Waals surface area (Å²) in [6, 6.07) is 1.94. The van der Waals surface area contributed by atoms with E-state index in [0.717, 1.165) is 31.4 Å². The average Bonchev–Trinajstić information content (AvgIpc) is 3.14. The Labute approximate surface area is 218 Å². The molecule has 7 nitrogen and oxygen atoms in total. The number of rotatable bonds is 4. The lowest BCUT2D eigenvalue weighted by Gasteiger charge is -2.37. The Balaban J connectivity index is 1.60. The number of hydrogen-bond acceptors (Lipinski definition) is 6. The van der Waals surface area contributed by atoms with E-state index in [9.17, 15) is 18.0 Å². The van der Waals surface area contributed by atoms with Gasteiger partial charge >= 0.3 is 12.3 Å². The Kier molecular flexibility index (Phi) is 7.75. The summed E-state index contributed by atoms with van der Waals surface area (Å²) in [5.74, 6) is 0.173. The van der Waals surface area contributed by atoms with Crippen LogP contribution in [-0.4, -0.2) is 67.4 Å². The fraction of sp³-hybridized carbons (Fsp3) is 0.720. The molecule has 4 rings (SSSR count). The number of likely N-dealkylation sites (tertiary alicyclic amines) is 1. The smallest absolute Gasteiger partial charge is 0.416 e. The number of hydrogen-bond donors (Lipinski definition) is 0. The Morgan fingerprint density at radius 3 is 2.61 bits per heavy atom. The first-order chi connectivity index (χ1) is 16.8. The lowest BCUT2D eigenvalue weighted by atomic mass is 9.97. The summed E-state index contributed by atoms with van der Waals surface area (Å²) in [7, 11) is 0. The molecule has 0 aromatic heterocycles. The first kappa shape index (κ1) is 27.3. The van der Waals surface area contributed by atoms with Crippen molar-refractivity contribution >= 4 is 27.7 Å². The molecule has 0 bridgehead atoms. The molecule has 202 valence electrons. The molecule has 0 spiro atoms. The van der Waals surface area contributed by atoms with Gasteiger partial charge in [0.15, 0.2) is 6.29 Å². The highest BCUT2D eigenvalue weighted by Crippen LogP contribution is 2.46. The second-order valence-corrected chi connectivity index (χ2v) is 11.8. The maximum atomic E-state index is 13.4. The number of anilines is 1. The van der Waals surface area contributed by atoms with Crippen LogP contribution in [0.25, 0.3) is 0 Å². The van der Waals surface area contributed by atoms with E-state index in [2.05, 4.69) is 15.9 Å². The van der Waals surface area contributed by atoms with Gasteiger partial charge < -0.3 is 23.8 Å². The van der Waals surface area contributed by atoms with Crippen molar-refractivity contribution < 1.29 is 36.9 Å². The zero-order chi connectivity index (χ0) is 26.3. The first-order valence-electron chi connectivity index (χ1n) is 12.3. The third-order valence-electron chi connectivity index (χ3n) is 6.73. The molecule has 0 aliphatic carbocycles. The largest absolute Gasteiger partial charge is 0.490 e. The van der Waals surface area contributed by atoms with E-state index in [-0.39, 0.29) is 31.3 Å². The fourth-order valence-electron chi connectivity index (χ4n) is 5.04. The summed E-state index contributed by atoms with van der Waals surface area (Å²) in [4.78, 5) is 17.0. The molecule has 1 aromatic rings. The number of benzene rings is 1. The maximum Gasteiger partial charge on any atom is 0.416 e. The van der Waals surface area contributed by atoms with Gasteiger partial charge in [0.2, 0.25) is 0 Å². The van der Waals surface area contributed by atoms with Gasteiger partial charge in [-0.2, -0.15) is 13.2 Å². The topological polar surface area (TPSA) is 60.5 Å². The molecule has 3 aliphatic heterocycles. The second kappa shape index (κ2) is 10.2. The van der Waals surface area contributed by atoms with Gasteiger partial charge in [0, 0.05) is 23.7 Å². The van der Waals surface area contributed by atoms with Crippen LogP contribution in [0.15, 0.2) is 16.6 Å². The molecular weight excluding hydrogens is 545 g/mol. The van der Waals surface area contributed by atoms with Gasteiger partial charge in [-0.25, -0.2) is 4.79 Å². The van der Waals surface area contributed by atoms with E-state index in [1.54, 1.807) is 4.90 Å². The highest BCUT2D eigenvalue weighted by Gasteiger charge is 2.49. The third kappa shape index (κ3) is 6.05. The van der Waals surface area contributed by atoms with E-state index in [4.69, 9.17) is 18.9 Å². The molecule has 3 atom stereocenters. The monoisotopic (exact) mass is 578 g/mol. The van der Waals surface area contributed by atoms with Gasteiger partial charge in [0.1, 0.15) is 18.0 Å². The normalized spacial score (nSPS) is 27.0. The van der Waals surface area contributed by atoms with Crippen molar-refractivity contribution in [3.05, 3.63) is 22.2 Å². The van der Waals surface area contributed by atoms with E-state index in [1.807, 2.05) is 32.6 Å². The highest BCUT2D eigenvalue weighted by atomic mass is 79.9. The van der Waals surface area contributed by atoms with Gasteiger partial charge in [-0.1, -0.05) is 0 Å². The number of fused-ring (bicyclic) bond motifs is 1. The van der Waals surface area contributed by atoms with Crippen LogP contribution in [0.5, 0.6) is 5.75 Å². The Hall–Kier alpha value is -1.72. The van der Waals surface area contributed by atoms with E-state index < -0.39 is 29.0 Å². The molecule has 11 heteroatoms. The van der Waals surface area contributed by atoms with Crippen LogP contribution in [0.3, 0.4) is 0 Å². The van der Waals surface area contributed by atoms with Crippen LogP contribution in [0.1, 0.15) is 58.9 Å². The Morgan fingerprint density at radius 1 is 1.22 bits per heavy atom. The van der Waals surface area contributed by atoms with Gasteiger partial charge in [-0.3, -0.25) is 4.90 Å². The van der Waals surface area contributed by atoms with Crippen LogP contribution in [-0.2, 0) is 20.4 Å². The molecular formula is C25H34BrF3N2O5. The second-order valence-electron chi connectivity index (χ2n) is 10.9. The quantitative estimate of drug-likeness (QED) is 0.438. The number of halogens is 4. The van der Waals surface area contributed by atoms with Crippen molar-refractivity contribution in [3.8, 4) is 5.75 Å². The van der Waals surface area contributed by atoms with Crippen molar-refractivity contribution in [1.82, 2.24) is 4.90 Å². The van der Waals surface area contributed by atoms with Gasteiger partial charge in [0.25, 0.3) is 0 Å². The molecule has 0 N–H and O–H groups in total. The van der Waals surface area contributed by atoms with Crippen LogP contribution < -0.4 is 9.64 Å². The summed E-state index contributed by atoms with van der Waals surface area (Å²) in [6.45, 7) is 9.38.